The Morgan fingerprint density at radius 2 is 1.68 bits per heavy atom. The first-order chi connectivity index (χ1) is 9.25. The molecule has 0 amide bonds. The van der Waals surface area contributed by atoms with Crippen molar-refractivity contribution in [3.63, 3.8) is 0 Å². The van der Waals surface area contributed by atoms with E-state index in [-0.39, 0.29) is 11.9 Å². The molecular weight excluding hydrogens is 244 g/mol. The van der Waals surface area contributed by atoms with Gasteiger partial charge in [-0.05, 0) is 43.0 Å². The fourth-order valence-electron chi connectivity index (χ4n) is 1.78. The Bertz CT molecular complexity index is 491. The van der Waals surface area contributed by atoms with E-state index in [1.807, 2.05) is 6.07 Å². The largest absolute Gasteiger partial charge is 0.463 e. The van der Waals surface area contributed by atoms with Gasteiger partial charge in [0.1, 0.15) is 0 Å². The predicted octanol–water partition coefficient (Wildman–Crippen LogP) is 2.58. The van der Waals surface area contributed by atoms with Crippen LogP contribution in [0.1, 0.15) is 35.2 Å². The minimum absolute atomic E-state index is 0.324. The lowest BCUT2D eigenvalue weighted by molar-refractivity contribution is -0.137. The second-order valence-corrected chi connectivity index (χ2v) is 4.32. The van der Waals surface area contributed by atoms with E-state index in [2.05, 4.69) is 0 Å². The fourth-order valence-corrected chi connectivity index (χ4v) is 1.78. The van der Waals surface area contributed by atoms with E-state index in [1.54, 1.807) is 24.3 Å². The number of esters is 2. The molecule has 0 spiro atoms. The average Bonchev–Trinajstić information content (AvgIpc) is 2.43. The number of ether oxygens (including phenoxy) is 2. The van der Waals surface area contributed by atoms with E-state index in [0.717, 1.165) is 24.8 Å². The lowest BCUT2D eigenvalue weighted by atomic mass is 10.1. The highest BCUT2D eigenvalue weighted by Gasteiger charge is 2.07. The molecule has 0 saturated carbocycles. The highest BCUT2D eigenvalue weighted by Crippen LogP contribution is 2.10. The van der Waals surface area contributed by atoms with Gasteiger partial charge in [0.05, 0.1) is 18.8 Å². The van der Waals surface area contributed by atoms with Crippen molar-refractivity contribution in [2.24, 2.45) is 0 Å². The Morgan fingerprint density at radius 3 is 2.53 bits per heavy atom. The van der Waals surface area contributed by atoms with Crippen LogP contribution in [-0.2, 0) is 14.3 Å². The van der Waals surface area contributed by atoms with Crippen LogP contribution in [0, 0.1) is 0 Å². The lowest BCUT2D eigenvalue weighted by Crippen LogP contribution is -2.08. The first-order valence-corrected chi connectivity index (χ1v) is 6.38. The zero-order chi connectivity index (χ0) is 13.5. The van der Waals surface area contributed by atoms with Crippen molar-refractivity contribution in [2.45, 2.75) is 19.3 Å². The smallest absolute Gasteiger partial charge is 0.338 e. The molecule has 0 fully saturated rings. The fraction of sp³-hybridized carbons (Fsp3) is 0.333. The molecule has 2 rings (SSSR count). The van der Waals surface area contributed by atoms with Crippen molar-refractivity contribution in [3.05, 3.63) is 41.5 Å². The molecule has 0 radical (unpaired) electrons. The van der Waals surface area contributed by atoms with Gasteiger partial charge in [-0.2, -0.15) is 0 Å². The Hall–Kier alpha value is -2.10. The Labute approximate surface area is 112 Å². The number of carbonyl (C=O) groups is 2. The molecule has 1 aliphatic rings. The zero-order valence-corrected chi connectivity index (χ0v) is 10.6. The summed E-state index contributed by atoms with van der Waals surface area (Å²) in [7, 11) is 0. The summed E-state index contributed by atoms with van der Waals surface area (Å²) in [5, 5.41) is 0. The first kappa shape index (κ1) is 13.3. The Balaban J connectivity index is 2.18. The van der Waals surface area contributed by atoms with Gasteiger partial charge in [-0.15, -0.1) is 0 Å². The third kappa shape index (κ3) is 4.25. The molecule has 4 heteroatoms. The van der Waals surface area contributed by atoms with Crippen molar-refractivity contribution >= 4 is 18.0 Å². The van der Waals surface area contributed by atoms with Crippen LogP contribution in [0.15, 0.2) is 30.3 Å². The maximum atomic E-state index is 11.8. The molecule has 1 aliphatic heterocycles. The SMILES string of the molecule is O=C1/C=C\c2cccc(c2)C(=O)OCCCCCO1. The molecule has 0 aromatic heterocycles. The monoisotopic (exact) mass is 260 g/mol. The molecule has 0 unspecified atom stereocenters. The molecule has 100 valence electrons. The van der Waals surface area contributed by atoms with E-state index < -0.39 is 0 Å². The van der Waals surface area contributed by atoms with Crippen molar-refractivity contribution < 1.29 is 19.1 Å². The van der Waals surface area contributed by atoms with Gasteiger partial charge in [0, 0.05) is 6.08 Å². The third-order valence-electron chi connectivity index (χ3n) is 2.80. The molecule has 4 nitrogen and oxygen atoms in total. The van der Waals surface area contributed by atoms with E-state index in [1.165, 1.54) is 6.08 Å². The molecule has 1 heterocycles. The summed E-state index contributed by atoms with van der Waals surface area (Å²) in [5.41, 5.74) is 1.26. The average molecular weight is 260 g/mol. The maximum Gasteiger partial charge on any atom is 0.338 e. The number of hydrogen-bond donors (Lipinski definition) is 0. The summed E-state index contributed by atoms with van der Waals surface area (Å²) in [5.74, 6) is -0.681. The summed E-state index contributed by atoms with van der Waals surface area (Å²) in [6.07, 6.45) is 5.42. The number of fused-ring (bicyclic) bond motifs is 2. The van der Waals surface area contributed by atoms with Crippen LogP contribution in [-0.4, -0.2) is 25.2 Å². The van der Waals surface area contributed by atoms with Gasteiger partial charge >= 0.3 is 11.9 Å². The van der Waals surface area contributed by atoms with E-state index in [0.29, 0.717) is 18.8 Å². The quantitative estimate of drug-likeness (QED) is 0.673. The van der Waals surface area contributed by atoms with Gasteiger partial charge in [0.15, 0.2) is 0 Å². The number of carbonyl (C=O) groups excluding carboxylic acids is 2. The van der Waals surface area contributed by atoms with Gasteiger partial charge < -0.3 is 9.47 Å². The zero-order valence-electron chi connectivity index (χ0n) is 10.6. The first-order valence-electron chi connectivity index (χ1n) is 6.38. The van der Waals surface area contributed by atoms with Crippen LogP contribution in [0.25, 0.3) is 6.08 Å². The normalized spacial score (nSPS) is 18.9. The molecule has 0 atom stereocenters. The van der Waals surface area contributed by atoms with Gasteiger partial charge in [0.2, 0.25) is 0 Å². The van der Waals surface area contributed by atoms with E-state index in [4.69, 9.17) is 9.47 Å². The molecular formula is C15H16O4. The van der Waals surface area contributed by atoms with Crippen molar-refractivity contribution in [1.29, 1.82) is 0 Å². The van der Waals surface area contributed by atoms with E-state index >= 15 is 0 Å². The molecule has 1 aromatic rings. The Morgan fingerprint density at radius 1 is 0.895 bits per heavy atom. The van der Waals surface area contributed by atoms with Gasteiger partial charge in [0.25, 0.3) is 0 Å². The molecule has 2 bridgehead atoms. The third-order valence-corrected chi connectivity index (χ3v) is 2.80. The van der Waals surface area contributed by atoms with Crippen LogP contribution in [0.5, 0.6) is 0 Å². The lowest BCUT2D eigenvalue weighted by Gasteiger charge is -2.07. The molecule has 19 heavy (non-hydrogen) atoms. The highest BCUT2D eigenvalue weighted by atomic mass is 16.5. The summed E-state index contributed by atoms with van der Waals surface area (Å²) < 4.78 is 10.2. The topological polar surface area (TPSA) is 52.6 Å². The van der Waals surface area contributed by atoms with Crippen LogP contribution in [0.2, 0.25) is 0 Å². The van der Waals surface area contributed by atoms with E-state index in [9.17, 15) is 9.59 Å². The van der Waals surface area contributed by atoms with Crippen LogP contribution in [0.3, 0.4) is 0 Å². The van der Waals surface area contributed by atoms with Crippen LogP contribution < -0.4 is 0 Å². The maximum absolute atomic E-state index is 11.8. The summed E-state index contributed by atoms with van der Waals surface area (Å²) in [6, 6.07) is 6.96. The minimum Gasteiger partial charge on any atom is -0.463 e. The molecule has 1 aromatic carbocycles. The number of rotatable bonds is 0. The second-order valence-electron chi connectivity index (χ2n) is 4.32. The molecule has 0 saturated heterocycles. The van der Waals surface area contributed by atoms with Crippen LogP contribution in [0.4, 0.5) is 0 Å². The summed E-state index contributed by atoms with van der Waals surface area (Å²) in [4.78, 5) is 23.2. The minimum atomic E-state index is -0.356. The standard InChI is InChI=1S/C15H16O4/c16-14-8-7-12-5-4-6-13(11-12)15(17)19-10-3-1-2-9-18-14/h4-8,11H,1-3,9-10H2/b8-7-. The van der Waals surface area contributed by atoms with Crippen LogP contribution >= 0.6 is 0 Å². The second kappa shape index (κ2) is 6.73. The van der Waals surface area contributed by atoms with Crippen molar-refractivity contribution in [3.8, 4) is 0 Å². The Kier molecular flexibility index (Phi) is 4.72. The van der Waals surface area contributed by atoms with Gasteiger partial charge in [-0.3, -0.25) is 0 Å². The van der Waals surface area contributed by atoms with Gasteiger partial charge in [-0.25, -0.2) is 9.59 Å². The molecule has 0 aliphatic carbocycles. The number of cyclic esters (lactones) is 2. The number of benzene rings is 1. The van der Waals surface area contributed by atoms with Crippen molar-refractivity contribution in [2.75, 3.05) is 13.2 Å². The highest BCUT2D eigenvalue weighted by molar-refractivity contribution is 5.91. The summed E-state index contributed by atoms with van der Waals surface area (Å²) in [6.45, 7) is 0.796. The number of hydrogen-bond acceptors (Lipinski definition) is 4. The predicted molar refractivity (Wildman–Crippen MR) is 70.6 cm³/mol. The summed E-state index contributed by atoms with van der Waals surface area (Å²) >= 11 is 0. The van der Waals surface area contributed by atoms with Crippen molar-refractivity contribution in [1.82, 2.24) is 0 Å². The molecule has 0 N–H and O–H groups in total. The van der Waals surface area contributed by atoms with Gasteiger partial charge in [-0.1, -0.05) is 12.1 Å².